The van der Waals surface area contributed by atoms with Crippen molar-refractivity contribution in [1.82, 2.24) is 10.0 Å². The van der Waals surface area contributed by atoms with Gasteiger partial charge >= 0.3 is 0 Å². The molecule has 3 rings (SSSR count). The van der Waals surface area contributed by atoms with Crippen molar-refractivity contribution in [3.05, 3.63) is 65.5 Å². The Balaban J connectivity index is 1.67. The molecule has 1 aliphatic rings. The van der Waals surface area contributed by atoms with E-state index in [9.17, 15) is 17.6 Å². The fraction of sp³-hybridized carbons (Fsp3) is 0.278. The second-order valence-electron chi connectivity index (χ2n) is 6.17. The predicted octanol–water partition coefficient (Wildman–Crippen LogP) is 2.76. The Bertz CT molecular complexity index is 860. The van der Waals surface area contributed by atoms with Crippen molar-refractivity contribution in [3.63, 3.8) is 0 Å². The van der Waals surface area contributed by atoms with Gasteiger partial charge in [0.2, 0.25) is 10.0 Å². The molecule has 25 heavy (non-hydrogen) atoms. The van der Waals surface area contributed by atoms with Gasteiger partial charge in [0.25, 0.3) is 5.91 Å². The van der Waals surface area contributed by atoms with Crippen molar-refractivity contribution in [2.45, 2.75) is 36.7 Å². The molecule has 132 valence electrons. The third-order valence-electron chi connectivity index (χ3n) is 4.04. The van der Waals surface area contributed by atoms with E-state index in [1.54, 1.807) is 19.1 Å². The maximum atomic E-state index is 13.0. The lowest BCUT2D eigenvalue weighted by molar-refractivity contribution is 0.0940. The van der Waals surface area contributed by atoms with Crippen LogP contribution in [-0.2, 0) is 10.0 Å². The molecule has 1 atom stereocenters. The van der Waals surface area contributed by atoms with Crippen molar-refractivity contribution in [3.8, 4) is 0 Å². The molecule has 2 N–H and O–H groups in total. The standard InChI is InChI=1S/C18H19FN2O3S/c1-12(13-2-6-15(19)7-3-13)20-18(22)14-4-10-17(11-5-14)25(23,24)21-16-8-9-16/h2-7,10-12,16,21H,8-9H2,1H3,(H,20,22)/t12-/m1/s1. The van der Waals surface area contributed by atoms with Crippen molar-refractivity contribution < 1.29 is 17.6 Å². The second kappa shape index (κ2) is 6.93. The summed E-state index contributed by atoms with van der Waals surface area (Å²) in [4.78, 5) is 12.4. The molecular weight excluding hydrogens is 343 g/mol. The molecule has 0 bridgehead atoms. The van der Waals surface area contributed by atoms with Gasteiger partial charge in [-0.25, -0.2) is 17.5 Å². The summed E-state index contributed by atoms with van der Waals surface area (Å²) in [6.45, 7) is 1.80. The van der Waals surface area contributed by atoms with Crippen molar-refractivity contribution >= 4 is 15.9 Å². The number of halogens is 1. The molecule has 7 heteroatoms. The molecule has 0 aliphatic heterocycles. The van der Waals surface area contributed by atoms with Gasteiger partial charge in [-0.2, -0.15) is 0 Å². The molecule has 5 nitrogen and oxygen atoms in total. The van der Waals surface area contributed by atoms with Crippen LogP contribution in [-0.4, -0.2) is 20.4 Å². The zero-order chi connectivity index (χ0) is 18.0. The Morgan fingerprint density at radius 1 is 1.08 bits per heavy atom. The fourth-order valence-electron chi connectivity index (χ4n) is 2.39. The Labute approximate surface area is 146 Å². The lowest BCUT2D eigenvalue weighted by Crippen LogP contribution is -2.27. The average Bonchev–Trinajstić information content (AvgIpc) is 3.38. The van der Waals surface area contributed by atoms with Crippen molar-refractivity contribution in [1.29, 1.82) is 0 Å². The molecule has 1 amide bonds. The lowest BCUT2D eigenvalue weighted by Gasteiger charge is -2.14. The molecule has 1 saturated carbocycles. The summed E-state index contributed by atoms with van der Waals surface area (Å²) in [7, 11) is -3.53. The van der Waals surface area contributed by atoms with Crippen LogP contribution in [0.25, 0.3) is 0 Å². The van der Waals surface area contributed by atoms with Gasteiger partial charge in [-0.3, -0.25) is 4.79 Å². The van der Waals surface area contributed by atoms with E-state index in [2.05, 4.69) is 10.0 Å². The molecule has 1 fully saturated rings. The van der Waals surface area contributed by atoms with Crippen LogP contribution in [0.3, 0.4) is 0 Å². The summed E-state index contributed by atoms with van der Waals surface area (Å²) < 4.78 is 39.8. The monoisotopic (exact) mass is 362 g/mol. The number of nitrogens with one attached hydrogen (secondary N) is 2. The number of benzene rings is 2. The smallest absolute Gasteiger partial charge is 0.251 e. The zero-order valence-electron chi connectivity index (χ0n) is 13.7. The summed E-state index contributed by atoms with van der Waals surface area (Å²) in [5, 5.41) is 2.81. The first-order valence-electron chi connectivity index (χ1n) is 8.04. The number of sulfonamides is 1. The van der Waals surface area contributed by atoms with Crippen LogP contribution in [0.2, 0.25) is 0 Å². The molecule has 2 aromatic carbocycles. The Kier molecular flexibility index (Phi) is 4.87. The van der Waals surface area contributed by atoms with Crippen LogP contribution in [0.15, 0.2) is 53.4 Å². The number of carbonyl (C=O) groups excluding carboxylic acids is 1. The van der Waals surface area contributed by atoms with Gasteiger partial charge in [-0.1, -0.05) is 12.1 Å². The Hall–Kier alpha value is -2.25. The van der Waals surface area contributed by atoms with Gasteiger partial charge in [-0.05, 0) is 61.7 Å². The maximum Gasteiger partial charge on any atom is 0.251 e. The van der Waals surface area contributed by atoms with Crippen LogP contribution in [0, 0.1) is 5.82 Å². The average molecular weight is 362 g/mol. The number of hydrogen-bond acceptors (Lipinski definition) is 3. The van der Waals surface area contributed by atoms with Crippen LogP contribution in [0.5, 0.6) is 0 Å². The molecule has 0 spiro atoms. The summed E-state index contributed by atoms with van der Waals surface area (Å²) in [6, 6.07) is 11.4. The molecule has 2 aromatic rings. The van der Waals surface area contributed by atoms with E-state index < -0.39 is 10.0 Å². The Morgan fingerprint density at radius 2 is 1.68 bits per heavy atom. The van der Waals surface area contributed by atoms with E-state index in [-0.39, 0.29) is 28.7 Å². The van der Waals surface area contributed by atoms with E-state index in [0.717, 1.165) is 18.4 Å². The normalized spacial score (nSPS) is 15.6. The summed E-state index contributed by atoms with van der Waals surface area (Å²) >= 11 is 0. The highest BCUT2D eigenvalue weighted by Crippen LogP contribution is 2.22. The third-order valence-corrected chi connectivity index (χ3v) is 5.58. The first-order valence-corrected chi connectivity index (χ1v) is 9.52. The minimum atomic E-state index is -3.53. The first-order chi connectivity index (χ1) is 11.8. The van der Waals surface area contributed by atoms with Gasteiger partial charge in [0, 0.05) is 11.6 Å². The van der Waals surface area contributed by atoms with Gasteiger partial charge < -0.3 is 5.32 Å². The highest BCUT2D eigenvalue weighted by molar-refractivity contribution is 7.89. The summed E-state index contributed by atoms with van der Waals surface area (Å²) in [5.41, 5.74) is 1.14. The fourth-order valence-corrected chi connectivity index (χ4v) is 3.69. The molecule has 0 heterocycles. The Morgan fingerprint density at radius 3 is 2.24 bits per heavy atom. The topological polar surface area (TPSA) is 75.3 Å². The van der Waals surface area contributed by atoms with E-state index in [1.807, 2.05) is 0 Å². The SMILES string of the molecule is C[C@@H](NC(=O)c1ccc(S(=O)(=O)NC2CC2)cc1)c1ccc(F)cc1. The first kappa shape index (κ1) is 17.6. The van der Waals surface area contributed by atoms with Gasteiger partial charge in [0.05, 0.1) is 10.9 Å². The van der Waals surface area contributed by atoms with Crippen molar-refractivity contribution in [2.75, 3.05) is 0 Å². The maximum absolute atomic E-state index is 13.0. The van der Waals surface area contributed by atoms with E-state index >= 15 is 0 Å². The highest BCUT2D eigenvalue weighted by atomic mass is 32.2. The van der Waals surface area contributed by atoms with Gasteiger partial charge in [-0.15, -0.1) is 0 Å². The quantitative estimate of drug-likeness (QED) is 0.830. The molecule has 0 aromatic heterocycles. The minimum absolute atomic E-state index is 0.0320. The van der Waals surface area contributed by atoms with Crippen LogP contribution >= 0.6 is 0 Å². The van der Waals surface area contributed by atoms with Crippen LogP contribution < -0.4 is 10.0 Å². The van der Waals surface area contributed by atoms with Crippen LogP contribution in [0.4, 0.5) is 4.39 Å². The molecular formula is C18H19FN2O3S. The highest BCUT2D eigenvalue weighted by Gasteiger charge is 2.28. The number of carbonyl (C=O) groups is 1. The minimum Gasteiger partial charge on any atom is -0.346 e. The molecule has 1 aliphatic carbocycles. The number of rotatable bonds is 6. The predicted molar refractivity (Wildman–Crippen MR) is 92.1 cm³/mol. The summed E-state index contributed by atoms with van der Waals surface area (Å²) in [6.07, 6.45) is 1.72. The zero-order valence-corrected chi connectivity index (χ0v) is 14.5. The van der Waals surface area contributed by atoms with E-state index in [0.29, 0.717) is 5.56 Å². The van der Waals surface area contributed by atoms with E-state index in [4.69, 9.17) is 0 Å². The second-order valence-corrected chi connectivity index (χ2v) is 7.88. The molecule has 0 unspecified atom stereocenters. The molecule has 0 radical (unpaired) electrons. The van der Waals surface area contributed by atoms with Gasteiger partial charge in [0.15, 0.2) is 0 Å². The largest absolute Gasteiger partial charge is 0.346 e. The van der Waals surface area contributed by atoms with Crippen LogP contribution in [0.1, 0.15) is 41.7 Å². The van der Waals surface area contributed by atoms with Crippen molar-refractivity contribution in [2.24, 2.45) is 0 Å². The number of amides is 1. The third kappa shape index (κ3) is 4.43. The lowest BCUT2D eigenvalue weighted by atomic mass is 10.1. The van der Waals surface area contributed by atoms with Gasteiger partial charge in [0.1, 0.15) is 5.82 Å². The summed E-state index contributed by atoms with van der Waals surface area (Å²) in [5.74, 6) is -0.658. The van der Waals surface area contributed by atoms with E-state index in [1.165, 1.54) is 36.4 Å². The molecule has 0 saturated heterocycles. The number of hydrogen-bond donors (Lipinski definition) is 2.